The van der Waals surface area contributed by atoms with Crippen LogP contribution < -0.4 is 5.32 Å². The monoisotopic (exact) mass is 367 g/mol. The number of hydrogen-bond acceptors (Lipinski definition) is 2. The lowest BCUT2D eigenvalue weighted by Crippen LogP contribution is -2.39. The number of nitrogens with one attached hydrogen (secondary N) is 1. The number of carbonyl (C=O) groups excluding carboxylic acids is 1. The topological polar surface area (TPSA) is 74.6 Å². The average Bonchev–Trinajstić information content (AvgIpc) is 2.97. The highest BCUT2D eigenvalue weighted by molar-refractivity contribution is 5.91. The number of para-hydroxylation sites is 1. The zero-order valence-electron chi connectivity index (χ0n) is 14.5. The minimum Gasteiger partial charge on any atom is -0.480 e. The van der Waals surface area contributed by atoms with Crippen LogP contribution in [0.5, 0.6) is 0 Å². The minimum absolute atomic E-state index is 0.0996. The first-order valence-electron chi connectivity index (χ1n) is 8.65. The summed E-state index contributed by atoms with van der Waals surface area (Å²) in [6.07, 6.45) is 0.578. The molecule has 0 bridgehead atoms. The van der Waals surface area contributed by atoms with Crippen molar-refractivity contribution in [3.05, 3.63) is 65.6 Å². The summed E-state index contributed by atoms with van der Waals surface area (Å²) in [5.41, 5.74) is 3.34. The van der Waals surface area contributed by atoms with Crippen molar-refractivity contribution in [2.45, 2.75) is 19.5 Å². The number of nitrogens with zero attached hydrogens (tertiary/aromatic N) is 2. The lowest BCUT2D eigenvalue weighted by molar-refractivity contribution is -0.137. The Kier molecular flexibility index (Phi) is 4.27. The molecule has 6 nitrogen and oxygen atoms in total. The van der Waals surface area contributed by atoms with Gasteiger partial charge in [0.1, 0.15) is 12.4 Å². The molecule has 27 heavy (non-hydrogen) atoms. The Balaban J connectivity index is 1.62. The first-order chi connectivity index (χ1) is 13.0. The van der Waals surface area contributed by atoms with Gasteiger partial charge >= 0.3 is 12.0 Å². The fourth-order valence-corrected chi connectivity index (χ4v) is 3.63. The van der Waals surface area contributed by atoms with E-state index in [-0.39, 0.29) is 18.4 Å². The number of urea groups is 1. The van der Waals surface area contributed by atoms with E-state index < -0.39 is 5.97 Å². The molecule has 0 unspecified atom stereocenters. The SMILES string of the molecule is O=C(O)Cn1c2c(c3ccccc31)CN(C(=O)Nc1ccc(F)cc1)CC2. The molecule has 0 spiro atoms. The van der Waals surface area contributed by atoms with E-state index in [1.54, 1.807) is 4.90 Å². The molecular weight excluding hydrogens is 349 g/mol. The zero-order chi connectivity index (χ0) is 19.0. The Hall–Kier alpha value is -3.35. The van der Waals surface area contributed by atoms with Crippen molar-refractivity contribution in [2.75, 3.05) is 11.9 Å². The highest BCUT2D eigenvalue weighted by Gasteiger charge is 2.27. The Bertz CT molecular complexity index is 1030. The third-order valence-corrected chi connectivity index (χ3v) is 4.84. The van der Waals surface area contributed by atoms with Gasteiger partial charge in [-0.25, -0.2) is 9.18 Å². The van der Waals surface area contributed by atoms with E-state index in [1.165, 1.54) is 24.3 Å². The maximum Gasteiger partial charge on any atom is 0.323 e. The Morgan fingerprint density at radius 2 is 1.85 bits per heavy atom. The van der Waals surface area contributed by atoms with Gasteiger partial charge in [-0.2, -0.15) is 0 Å². The average molecular weight is 367 g/mol. The van der Waals surface area contributed by atoms with Crippen molar-refractivity contribution < 1.29 is 19.1 Å². The minimum atomic E-state index is -0.893. The third-order valence-electron chi connectivity index (χ3n) is 4.84. The van der Waals surface area contributed by atoms with Crippen LogP contribution in [0.25, 0.3) is 10.9 Å². The van der Waals surface area contributed by atoms with Gasteiger partial charge in [0.2, 0.25) is 0 Å². The largest absolute Gasteiger partial charge is 0.480 e. The number of aromatic nitrogens is 1. The molecule has 2 aromatic carbocycles. The molecule has 0 fully saturated rings. The molecular formula is C20H18FN3O3. The van der Waals surface area contributed by atoms with Gasteiger partial charge in [0.05, 0.1) is 0 Å². The normalized spacial score (nSPS) is 13.4. The standard InChI is InChI=1S/C20H18FN3O3/c21-13-5-7-14(8-6-13)22-20(27)23-10-9-18-16(11-23)15-3-1-2-4-17(15)24(18)12-19(25)26/h1-8H,9-12H2,(H,22,27)(H,25,26). The van der Waals surface area contributed by atoms with Crippen molar-refractivity contribution in [1.29, 1.82) is 0 Å². The summed E-state index contributed by atoms with van der Waals surface area (Å²) in [7, 11) is 0. The van der Waals surface area contributed by atoms with Crippen LogP contribution in [0.3, 0.4) is 0 Å². The second kappa shape index (κ2) is 6.75. The Labute approximate surface area is 154 Å². The highest BCUT2D eigenvalue weighted by Crippen LogP contribution is 2.31. The second-order valence-electron chi connectivity index (χ2n) is 6.53. The van der Waals surface area contributed by atoms with Crippen LogP contribution in [-0.2, 0) is 24.3 Å². The smallest absolute Gasteiger partial charge is 0.323 e. The number of anilines is 1. The number of hydrogen-bond donors (Lipinski definition) is 2. The quantitative estimate of drug-likeness (QED) is 0.745. The van der Waals surface area contributed by atoms with Gasteiger partial charge in [-0.1, -0.05) is 18.2 Å². The number of carboxylic acids is 1. The van der Waals surface area contributed by atoms with Crippen LogP contribution in [0.4, 0.5) is 14.9 Å². The number of rotatable bonds is 3. The van der Waals surface area contributed by atoms with Crippen LogP contribution in [0.1, 0.15) is 11.3 Å². The number of amides is 2. The Morgan fingerprint density at radius 3 is 2.59 bits per heavy atom. The molecule has 4 rings (SSSR count). The van der Waals surface area contributed by atoms with Crippen molar-refractivity contribution in [2.24, 2.45) is 0 Å². The molecule has 0 aliphatic carbocycles. The molecule has 0 saturated carbocycles. The van der Waals surface area contributed by atoms with Crippen molar-refractivity contribution in [1.82, 2.24) is 9.47 Å². The molecule has 3 aromatic rings. The van der Waals surface area contributed by atoms with E-state index in [0.717, 1.165) is 22.2 Å². The molecule has 2 heterocycles. The number of aliphatic carboxylic acids is 1. The molecule has 1 aromatic heterocycles. The van der Waals surface area contributed by atoms with E-state index in [0.29, 0.717) is 25.2 Å². The van der Waals surface area contributed by atoms with Crippen LogP contribution in [-0.4, -0.2) is 33.1 Å². The molecule has 2 amide bonds. The van der Waals surface area contributed by atoms with Gasteiger partial charge in [0.15, 0.2) is 0 Å². The zero-order valence-corrected chi connectivity index (χ0v) is 14.5. The number of benzene rings is 2. The molecule has 138 valence electrons. The first-order valence-corrected chi connectivity index (χ1v) is 8.65. The number of carboxylic acid groups (broad SMARTS) is 1. The lowest BCUT2D eigenvalue weighted by Gasteiger charge is -2.28. The second-order valence-corrected chi connectivity index (χ2v) is 6.53. The van der Waals surface area contributed by atoms with Gasteiger partial charge in [0, 0.05) is 47.4 Å². The predicted octanol–water partition coefficient (Wildman–Crippen LogP) is 3.46. The highest BCUT2D eigenvalue weighted by atomic mass is 19.1. The lowest BCUT2D eigenvalue weighted by atomic mass is 10.0. The summed E-state index contributed by atoms with van der Waals surface area (Å²) in [5.74, 6) is -1.25. The molecule has 0 atom stereocenters. The van der Waals surface area contributed by atoms with E-state index in [2.05, 4.69) is 5.32 Å². The van der Waals surface area contributed by atoms with E-state index in [1.807, 2.05) is 28.8 Å². The predicted molar refractivity (Wildman–Crippen MR) is 99.1 cm³/mol. The molecule has 7 heteroatoms. The molecule has 1 aliphatic rings. The summed E-state index contributed by atoms with van der Waals surface area (Å²) in [6, 6.07) is 13.0. The van der Waals surface area contributed by atoms with Crippen LogP contribution in [0.2, 0.25) is 0 Å². The van der Waals surface area contributed by atoms with Crippen LogP contribution in [0.15, 0.2) is 48.5 Å². The number of halogens is 1. The first kappa shape index (κ1) is 17.1. The van der Waals surface area contributed by atoms with Crippen molar-refractivity contribution in [3.63, 3.8) is 0 Å². The van der Waals surface area contributed by atoms with Gasteiger partial charge in [-0.15, -0.1) is 0 Å². The maximum absolute atomic E-state index is 13.0. The summed E-state index contributed by atoms with van der Waals surface area (Å²) >= 11 is 0. The summed E-state index contributed by atoms with van der Waals surface area (Å²) in [4.78, 5) is 25.6. The maximum atomic E-state index is 13.0. The van der Waals surface area contributed by atoms with Gasteiger partial charge < -0.3 is 19.9 Å². The molecule has 1 aliphatic heterocycles. The fourth-order valence-electron chi connectivity index (χ4n) is 3.63. The van der Waals surface area contributed by atoms with Crippen molar-refractivity contribution in [3.8, 4) is 0 Å². The van der Waals surface area contributed by atoms with Crippen LogP contribution in [0, 0.1) is 5.82 Å². The van der Waals surface area contributed by atoms with E-state index in [4.69, 9.17) is 0 Å². The van der Waals surface area contributed by atoms with Gasteiger partial charge in [-0.3, -0.25) is 4.79 Å². The number of fused-ring (bicyclic) bond motifs is 3. The number of carbonyl (C=O) groups is 2. The van der Waals surface area contributed by atoms with Gasteiger partial charge in [-0.05, 0) is 30.3 Å². The van der Waals surface area contributed by atoms with Gasteiger partial charge in [0.25, 0.3) is 0 Å². The summed E-state index contributed by atoms with van der Waals surface area (Å²) < 4.78 is 14.8. The third kappa shape index (κ3) is 3.23. The fraction of sp³-hybridized carbons (Fsp3) is 0.200. The molecule has 2 N–H and O–H groups in total. The van der Waals surface area contributed by atoms with Crippen LogP contribution >= 0.6 is 0 Å². The molecule has 0 radical (unpaired) electrons. The van der Waals surface area contributed by atoms with Crippen molar-refractivity contribution >= 4 is 28.6 Å². The Morgan fingerprint density at radius 1 is 1.11 bits per heavy atom. The van der Waals surface area contributed by atoms with E-state index in [9.17, 15) is 19.1 Å². The summed E-state index contributed by atoms with van der Waals surface area (Å²) in [6.45, 7) is 0.781. The molecule has 0 saturated heterocycles. The van der Waals surface area contributed by atoms with E-state index >= 15 is 0 Å². The summed E-state index contributed by atoms with van der Waals surface area (Å²) in [5, 5.41) is 13.0.